The molecule has 1 fully saturated rings. The van der Waals surface area contributed by atoms with Crippen LogP contribution in [0.5, 0.6) is 0 Å². The maximum Gasteiger partial charge on any atom is 0.301 e. The first-order valence-electron chi connectivity index (χ1n) is 10.8. The lowest BCUT2D eigenvalue weighted by Crippen LogP contribution is -2.29. The zero-order valence-electron chi connectivity index (χ0n) is 18.7. The summed E-state index contributed by atoms with van der Waals surface area (Å²) in [6.45, 7) is 2.04. The van der Waals surface area contributed by atoms with Crippen LogP contribution in [0, 0.1) is 6.92 Å². The van der Waals surface area contributed by atoms with Gasteiger partial charge >= 0.3 is 5.91 Å². The summed E-state index contributed by atoms with van der Waals surface area (Å²) < 4.78 is 0.676. The van der Waals surface area contributed by atoms with Crippen molar-refractivity contribution in [2.24, 2.45) is 0 Å². The van der Waals surface area contributed by atoms with Gasteiger partial charge in [-0.15, -0.1) is 10.2 Å². The van der Waals surface area contributed by atoms with Crippen LogP contribution < -0.4 is 4.90 Å². The molecule has 2 aromatic carbocycles. The molecule has 5 rings (SSSR count). The first-order valence-corrected chi connectivity index (χ1v) is 12.6. The molecule has 1 aliphatic rings. The predicted octanol–water partition coefficient (Wildman–Crippen LogP) is 5.16. The van der Waals surface area contributed by atoms with E-state index in [1.807, 2.05) is 13.0 Å². The number of ketones is 1. The van der Waals surface area contributed by atoms with Crippen molar-refractivity contribution in [1.82, 2.24) is 15.2 Å². The van der Waals surface area contributed by atoms with Gasteiger partial charge in [-0.1, -0.05) is 89.3 Å². The molecule has 1 saturated heterocycles. The summed E-state index contributed by atoms with van der Waals surface area (Å²) in [4.78, 5) is 31.8. The number of aliphatic hydroxyl groups excluding tert-OH is 1. The summed E-state index contributed by atoms with van der Waals surface area (Å²) in [5, 5.41) is 19.8. The lowest BCUT2D eigenvalue weighted by atomic mass is 9.96. The van der Waals surface area contributed by atoms with Crippen LogP contribution in [0.2, 0.25) is 0 Å². The Balaban J connectivity index is 1.51. The fraction of sp³-hybridized carbons (Fsp3) is 0.115. The standard InChI is InChI=1S/C26H20N4O3S2/c1-16-9-11-17(12-10-16)15-34-26-29-28-25(35-26)30-21(19-8-5-13-27-14-19)20(23(32)24(30)33)22(31)18-6-3-2-4-7-18/h2-14,21,31H,15H2,1H3/t21-/m0/s1. The number of thioether (sulfide) groups is 1. The highest BCUT2D eigenvalue weighted by atomic mass is 32.2. The average Bonchev–Trinajstić information content (AvgIpc) is 3.46. The number of benzene rings is 2. The highest BCUT2D eigenvalue weighted by molar-refractivity contribution is 8.00. The molecule has 0 spiro atoms. The summed E-state index contributed by atoms with van der Waals surface area (Å²) in [6.07, 6.45) is 3.19. The van der Waals surface area contributed by atoms with Gasteiger partial charge in [-0.2, -0.15) is 0 Å². The Morgan fingerprint density at radius 2 is 1.80 bits per heavy atom. The number of Topliss-reactive ketones (excluding diaryl/α,β-unsaturated/α-hetero) is 1. The second kappa shape index (κ2) is 9.81. The largest absolute Gasteiger partial charge is 0.507 e. The first kappa shape index (κ1) is 22.9. The number of hydrogen-bond acceptors (Lipinski definition) is 8. The van der Waals surface area contributed by atoms with Gasteiger partial charge in [0.15, 0.2) is 4.34 Å². The molecule has 174 valence electrons. The van der Waals surface area contributed by atoms with E-state index in [2.05, 4.69) is 39.4 Å². The molecule has 0 unspecified atom stereocenters. The van der Waals surface area contributed by atoms with E-state index >= 15 is 0 Å². The number of nitrogens with zero attached hydrogens (tertiary/aromatic N) is 4. The molecule has 1 N–H and O–H groups in total. The number of anilines is 1. The predicted molar refractivity (Wildman–Crippen MR) is 136 cm³/mol. The number of carbonyl (C=O) groups excluding carboxylic acids is 2. The van der Waals surface area contributed by atoms with Crippen molar-refractivity contribution in [2.75, 3.05) is 4.90 Å². The second-order valence-electron chi connectivity index (χ2n) is 7.95. The van der Waals surface area contributed by atoms with Crippen LogP contribution >= 0.6 is 23.1 Å². The molecule has 1 amide bonds. The van der Waals surface area contributed by atoms with Crippen molar-refractivity contribution in [1.29, 1.82) is 0 Å². The monoisotopic (exact) mass is 500 g/mol. The summed E-state index contributed by atoms with van der Waals surface area (Å²) in [6, 6.07) is 19.6. The van der Waals surface area contributed by atoms with Crippen molar-refractivity contribution in [3.63, 3.8) is 0 Å². The van der Waals surface area contributed by atoms with Crippen molar-refractivity contribution in [3.05, 3.63) is 107 Å². The van der Waals surface area contributed by atoms with E-state index in [0.717, 1.165) is 5.56 Å². The zero-order valence-corrected chi connectivity index (χ0v) is 20.3. The molecule has 0 radical (unpaired) electrons. The minimum absolute atomic E-state index is 0.00161. The maximum absolute atomic E-state index is 13.2. The Bertz CT molecular complexity index is 1400. The zero-order chi connectivity index (χ0) is 24.4. The Kier molecular flexibility index (Phi) is 6.43. The molecule has 9 heteroatoms. The molecule has 0 bridgehead atoms. The molecule has 3 heterocycles. The van der Waals surface area contributed by atoms with E-state index < -0.39 is 17.7 Å². The number of carbonyl (C=O) groups is 2. The Morgan fingerprint density at radius 1 is 1.03 bits per heavy atom. The number of pyridine rings is 1. The smallest absolute Gasteiger partial charge is 0.301 e. The van der Waals surface area contributed by atoms with Gasteiger partial charge in [-0.3, -0.25) is 19.5 Å². The van der Waals surface area contributed by atoms with Crippen molar-refractivity contribution >= 4 is 45.7 Å². The average molecular weight is 501 g/mol. The quantitative estimate of drug-likeness (QED) is 0.128. The highest BCUT2D eigenvalue weighted by Gasteiger charge is 2.48. The molecule has 35 heavy (non-hydrogen) atoms. The number of hydrogen-bond donors (Lipinski definition) is 1. The maximum atomic E-state index is 13.2. The van der Waals surface area contributed by atoms with E-state index in [1.165, 1.54) is 33.6 Å². The topological polar surface area (TPSA) is 96.3 Å². The first-order chi connectivity index (χ1) is 17.0. The molecular weight excluding hydrogens is 480 g/mol. The highest BCUT2D eigenvalue weighted by Crippen LogP contribution is 2.43. The van der Waals surface area contributed by atoms with Crippen LogP contribution in [-0.2, 0) is 15.3 Å². The molecule has 0 aliphatic carbocycles. The second-order valence-corrected chi connectivity index (χ2v) is 10.1. The summed E-state index contributed by atoms with van der Waals surface area (Å²) >= 11 is 2.75. The fourth-order valence-corrected chi connectivity index (χ4v) is 5.65. The SMILES string of the molecule is Cc1ccc(CSc2nnc(N3C(=O)C(=O)C(=C(O)c4ccccc4)[C@@H]3c3cccnc3)s2)cc1. The van der Waals surface area contributed by atoms with E-state index in [-0.39, 0.29) is 11.3 Å². The number of aromatic nitrogens is 3. The van der Waals surface area contributed by atoms with Gasteiger partial charge in [-0.05, 0) is 24.1 Å². The van der Waals surface area contributed by atoms with Crippen LogP contribution in [0.1, 0.15) is 28.3 Å². The Labute approximate surface area is 210 Å². The van der Waals surface area contributed by atoms with Gasteiger partial charge in [0.1, 0.15) is 5.76 Å². The summed E-state index contributed by atoms with van der Waals surface area (Å²) in [5.41, 5.74) is 3.38. The van der Waals surface area contributed by atoms with Crippen LogP contribution in [0.4, 0.5) is 5.13 Å². The fourth-order valence-electron chi connectivity index (χ4n) is 3.82. The summed E-state index contributed by atoms with van der Waals surface area (Å²) in [7, 11) is 0. The lowest BCUT2D eigenvalue weighted by molar-refractivity contribution is -0.132. The normalized spacial score (nSPS) is 17.2. The third-order valence-electron chi connectivity index (χ3n) is 5.58. The van der Waals surface area contributed by atoms with E-state index in [9.17, 15) is 14.7 Å². The van der Waals surface area contributed by atoms with Crippen LogP contribution in [0.25, 0.3) is 5.76 Å². The van der Waals surface area contributed by atoms with Gasteiger partial charge in [0.2, 0.25) is 5.13 Å². The Morgan fingerprint density at radius 3 is 2.51 bits per heavy atom. The van der Waals surface area contributed by atoms with Crippen LogP contribution in [-0.4, -0.2) is 32.0 Å². The van der Waals surface area contributed by atoms with Gasteiger partial charge in [0, 0.05) is 23.7 Å². The third kappa shape index (κ3) is 4.60. The van der Waals surface area contributed by atoms with Gasteiger partial charge in [0.25, 0.3) is 5.78 Å². The van der Waals surface area contributed by atoms with E-state index in [4.69, 9.17) is 0 Å². The number of aliphatic hydroxyl groups is 1. The Hall–Kier alpha value is -3.82. The minimum Gasteiger partial charge on any atom is -0.507 e. The number of rotatable bonds is 6. The molecular formula is C26H20N4O3S2. The van der Waals surface area contributed by atoms with Crippen molar-refractivity contribution in [3.8, 4) is 0 Å². The lowest BCUT2D eigenvalue weighted by Gasteiger charge is -2.22. The number of aryl methyl sites for hydroxylation is 1. The van der Waals surface area contributed by atoms with Crippen molar-refractivity contribution < 1.29 is 14.7 Å². The third-order valence-corrected chi connectivity index (χ3v) is 7.70. The van der Waals surface area contributed by atoms with E-state index in [1.54, 1.807) is 48.8 Å². The molecule has 0 saturated carbocycles. The molecule has 2 aromatic heterocycles. The number of amides is 1. The van der Waals surface area contributed by atoms with Gasteiger partial charge < -0.3 is 5.11 Å². The van der Waals surface area contributed by atoms with E-state index in [0.29, 0.717) is 26.4 Å². The molecule has 4 aromatic rings. The van der Waals surface area contributed by atoms with Crippen LogP contribution in [0.15, 0.2) is 89.0 Å². The summed E-state index contributed by atoms with van der Waals surface area (Å²) in [5.74, 6) is -1.07. The van der Waals surface area contributed by atoms with Gasteiger partial charge in [0.05, 0.1) is 11.6 Å². The van der Waals surface area contributed by atoms with Gasteiger partial charge in [-0.25, -0.2) is 0 Å². The molecule has 7 nitrogen and oxygen atoms in total. The molecule has 1 atom stereocenters. The van der Waals surface area contributed by atoms with Crippen molar-refractivity contribution in [2.45, 2.75) is 23.1 Å². The minimum atomic E-state index is -0.869. The van der Waals surface area contributed by atoms with Crippen LogP contribution in [0.3, 0.4) is 0 Å². The molecule has 1 aliphatic heterocycles.